The summed E-state index contributed by atoms with van der Waals surface area (Å²) in [5.41, 5.74) is 6.83. The number of benzene rings is 1. The van der Waals surface area contributed by atoms with E-state index in [-0.39, 0.29) is 0 Å². The van der Waals surface area contributed by atoms with E-state index in [0.717, 1.165) is 0 Å². The minimum Gasteiger partial charge on any atom is -0.408 e. The fraction of sp³-hybridized carbons (Fsp3) is 0. The predicted octanol–water partition coefficient (Wildman–Crippen LogP) is 1.36. The van der Waals surface area contributed by atoms with Crippen LogP contribution in [0.15, 0.2) is 21.3 Å². The number of aromatic nitrogens is 1. The summed E-state index contributed by atoms with van der Waals surface area (Å²) in [4.78, 5) is 13.2. The van der Waals surface area contributed by atoms with Crippen LogP contribution in [0.3, 0.4) is 0 Å². The molecule has 0 aliphatic carbocycles. The van der Waals surface area contributed by atoms with Gasteiger partial charge in [0.2, 0.25) is 0 Å². The fourth-order valence-corrected chi connectivity index (χ4v) is 1.26. The van der Waals surface area contributed by atoms with Crippen molar-refractivity contribution in [1.82, 2.24) is 4.98 Å². The predicted molar refractivity (Wildman–Crippen MR) is 46.3 cm³/mol. The molecule has 0 unspecified atom stereocenters. The number of fused-ring (bicyclic) bond motifs is 1. The first-order chi connectivity index (χ1) is 5.66. The highest BCUT2D eigenvalue weighted by Crippen LogP contribution is 2.22. The summed E-state index contributed by atoms with van der Waals surface area (Å²) in [5, 5.41) is 0.447. The Morgan fingerprint density at radius 1 is 1.50 bits per heavy atom. The second kappa shape index (κ2) is 2.28. The lowest BCUT2D eigenvalue weighted by Crippen LogP contribution is -1.94. The van der Waals surface area contributed by atoms with Crippen LogP contribution in [-0.2, 0) is 0 Å². The van der Waals surface area contributed by atoms with E-state index in [4.69, 9.17) is 21.8 Å². The van der Waals surface area contributed by atoms with Crippen LogP contribution in [0, 0.1) is 0 Å². The van der Waals surface area contributed by atoms with E-state index in [1.165, 1.54) is 6.07 Å². The number of halogens is 1. The van der Waals surface area contributed by atoms with Crippen LogP contribution in [0.2, 0.25) is 5.02 Å². The standard InChI is InChI=1S/C7H5ClN2O2/c8-3-1-4(9)6-5(2-3)12-7(11)10-6/h1-2H,9H2,(H,10,11). The van der Waals surface area contributed by atoms with Gasteiger partial charge in [0.25, 0.3) is 0 Å². The summed E-state index contributed by atoms with van der Waals surface area (Å²) in [5.74, 6) is -0.529. The zero-order chi connectivity index (χ0) is 8.72. The molecule has 0 aliphatic heterocycles. The normalized spacial score (nSPS) is 10.8. The fourth-order valence-electron chi connectivity index (χ4n) is 1.04. The molecule has 0 saturated carbocycles. The lowest BCUT2D eigenvalue weighted by molar-refractivity contribution is 0.555. The molecule has 0 radical (unpaired) electrons. The quantitative estimate of drug-likeness (QED) is 0.608. The van der Waals surface area contributed by atoms with Crippen molar-refractivity contribution >= 4 is 28.4 Å². The minimum absolute atomic E-state index is 0.380. The molecular formula is C7H5ClN2O2. The Kier molecular flexibility index (Phi) is 1.38. The summed E-state index contributed by atoms with van der Waals surface area (Å²) in [6, 6.07) is 3.08. The number of nitrogen functional groups attached to an aromatic ring is 1. The molecule has 0 amide bonds. The first-order valence-electron chi connectivity index (χ1n) is 3.24. The molecule has 3 N–H and O–H groups in total. The van der Waals surface area contributed by atoms with Crippen LogP contribution in [0.5, 0.6) is 0 Å². The van der Waals surface area contributed by atoms with Gasteiger partial charge in [-0.2, -0.15) is 0 Å². The van der Waals surface area contributed by atoms with Crippen molar-refractivity contribution in [3.8, 4) is 0 Å². The van der Waals surface area contributed by atoms with Gasteiger partial charge in [-0.3, -0.25) is 4.98 Å². The van der Waals surface area contributed by atoms with Crippen molar-refractivity contribution in [1.29, 1.82) is 0 Å². The zero-order valence-electron chi connectivity index (χ0n) is 5.93. The highest BCUT2D eigenvalue weighted by Gasteiger charge is 2.04. The van der Waals surface area contributed by atoms with Gasteiger partial charge in [0, 0.05) is 11.1 Å². The van der Waals surface area contributed by atoms with E-state index in [9.17, 15) is 4.79 Å². The van der Waals surface area contributed by atoms with Crippen LogP contribution in [0.25, 0.3) is 11.1 Å². The number of nitrogens with two attached hydrogens (primary N) is 1. The molecule has 0 atom stereocenters. The molecule has 0 spiro atoms. The highest BCUT2D eigenvalue weighted by molar-refractivity contribution is 6.31. The number of H-pyrrole nitrogens is 1. The van der Waals surface area contributed by atoms with Crippen LogP contribution < -0.4 is 11.5 Å². The number of oxazole rings is 1. The smallest absolute Gasteiger partial charge is 0.408 e. The van der Waals surface area contributed by atoms with Gasteiger partial charge >= 0.3 is 5.76 Å². The third kappa shape index (κ3) is 0.967. The lowest BCUT2D eigenvalue weighted by Gasteiger charge is -1.93. The molecule has 12 heavy (non-hydrogen) atoms. The van der Waals surface area contributed by atoms with E-state index in [1.807, 2.05) is 0 Å². The maximum atomic E-state index is 10.7. The van der Waals surface area contributed by atoms with Gasteiger partial charge in [0.05, 0.1) is 5.69 Å². The van der Waals surface area contributed by atoms with Crippen molar-refractivity contribution < 1.29 is 4.42 Å². The van der Waals surface area contributed by atoms with Crippen molar-refractivity contribution in [2.24, 2.45) is 0 Å². The summed E-state index contributed by atoms with van der Waals surface area (Å²) in [7, 11) is 0. The Morgan fingerprint density at radius 2 is 2.25 bits per heavy atom. The zero-order valence-corrected chi connectivity index (χ0v) is 6.68. The average molecular weight is 185 g/mol. The highest BCUT2D eigenvalue weighted by atomic mass is 35.5. The van der Waals surface area contributed by atoms with Gasteiger partial charge in [-0.05, 0) is 6.07 Å². The largest absolute Gasteiger partial charge is 0.417 e. The molecule has 0 bridgehead atoms. The van der Waals surface area contributed by atoms with Crippen LogP contribution >= 0.6 is 11.6 Å². The van der Waals surface area contributed by atoms with Crippen molar-refractivity contribution in [2.45, 2.75) is 0 Å². The van der Waals surface area contributed by atoms with E-state index in [0.29, 0.717) is 21.8 Å². The third-order valence-electron chi connectivity index (χ3n) is 1.53. The number of aromatic amines is 1. The van der Waals surface area contributed by atoms with Crippen LogP contribution in [-0.4, -0.2) is 4.98 Å². The maximum absolute atomic E-state index is 10.7. The molecule has 0 saturated heterocycles. The first kappa shape index (κ1) is 7.24. The molecule has 62 valence electrons. The Hall–Kier alpha value is -1.42. The van der Waals surface area contributed by atoms with Gasteiger partial charge < -0.3 is 10.2 Å². The second-order valence-corrected chi connectivity index (χ2v) is 2.82. The van der Waals surface area contributed by atoms with Crippen LogP contribution in [0.1, 0.15) is 0 Å². The third-order valence-corrected chi connectivity index (χ3v) is 1.75. The number of hydrogen-bond donors (Lipinski definition) is 2. The number of nitrogens with one attached hydrogen (secondary N) is 1. The molecule has 1 aromatic heterocycles. The van der Waals surface area contributed by atoms with E-state index in [1.54, 1.807) is 6.07 Å². The molecule has 1 aromatic carbocycles. The second-order valence-electron chi connectivity index (χ2n) is 2.38. The molecule has 5 heteroatoms. The molecule has 4 nitrogen and oxygen atoms in total. The Balaban J connectivity index is 2.97. The maximum Gasteiger partial charge on any atom is 0.417 e. The van der Waals surface area contributed by atoms with Gasteiger partial charge in [-0.15, -0.1) is 0 Å². The van der Waals surface area contributed by atoms with Crippen molar-refractivity contribution in [2.75, 3.05) is 5.73 Å². The minimum atomic E-state index is -0.529. The molecule has 2 aromatic rings. The monoisotopic (exact) mass is 184 g/mol. The Morgan fingerprint density at radius 3 is 3.00 bits per heavy atom. The summed E-state index contributed by atoms with van der Waals surface area (Å²) in [6.07, 6.45) is 0. The molecule has 0 fully saturated rings. The number of rotatable bonds is 0. The Labute approximate surface area is 71.9 Å². The topological polar surface area (TPSA) is 72.0 Å². The number of anilines is 1. The molecular weight excluding hydrogens is 180 g/mol. The average Bonchev–Trinajstić information content (AvgIpc) is 2.29. The van der Waals surface area contributed by atoms with E-state index in [2.05, 4.69) is 4.98 Å². The van der Waals surface area contributed by atoms with Gasteiger partial charge in [0.1, 0.15) is 5.52 Å². The van der Waals surface area contributed by atoms with Gasteiger partial charge in [0.15, 0.2) is 5.58 Å². The lowest BCUT2D eigenvalue weighted by atomic mass is 10.3. The molecule has 2 rings (SSSR count). The summed E-state index contributed by atoms with van der Waals surface area (Å²) in [6.45, 7) is 0. The summed E-state index contributed by atoms with van der Waals surface area (Å²) >= 11 is 5.68. The van der Waals surface area contributed by atoms with E-state index < -0.39 is 5.76 Å². The molecule has 1 heterocycles. The first-order valence-corrected chi connectivity index (χ1v) is 3.62. The van der Waals surface area contributed by atoms with Gasteiger partial charge in [-0.25, -0.2) is 4.79 Å². The van der Waals surface area contributed by atoms with Crippen molar-refractivity contribution in [3.63, 3.8) is 0 Å². The van der Waals surface area contributed by atoms with E-state index >= 15 is 0 Å². The van der Waals surface area contributed by atoms with Gasteiger partial charge in [-0.1, -0.05) is 11.6 Å². The number of hydrogen-bond acceptors (Lipinski definition) is 3. The summed E-state index contributed by atoms with van der Waals surface area (Å²) < 4.78 is 4.75. The Bertz CT molecular complexity index is 486. The SMILES string of the molecule is Nc1cc(Cl)cc2oc(=O)[nH]c12. The molecule has 0 aliphatic rings. The van der Waals surface area contributed by atoms with Crippen LogP contribution in [0.4, 0.5) is 5.69 Å². The van der Waals surface area contributed by atoms with Crippen molar-refractivity contribution in [3.05, 3.63) is 27.7 Å².